The van der Waals surface area contributed by atoms with Crippen molar-refractivity contribution in [2.45, 2.75) is 27.3 Å². The van der Waals surface area contributed by atoms with E-state index in [2.05, 4.69) is 10.4 Å². The molecule has 6 heteroatoms. The first-order valence-electron chi connectivity index (χ1n) is 7.08. The first-order valence-corrected chi connectivity index (χ1v) is 7.08. The topological polar surface area (TPSA) is 67.2 Å². The lowest BCUT2D eigenvalue weighted by Gasteiger charge is -2.27. The molecule has 2 rings (SSSR count). The standard InChI is InChI=1S/C14H22N4O2/c1-10(2)9-18-14(20)12(8-11(3)16-18)13(19)17-6-4-15-5-7-17/h8,10,15H,4-7,9H2,1-3H3. The van der Waals surface area contributed by atoms with Crippen LogP contribution >= 0.6 is 0 Å². The van der Waals surface area contributed by atoms with Crippen molar-refractivity contribution in [3.8, 4) is 0 Å². The Kier molecular flexibility index (Phi) is 4.54. The van der Waals surface area contributed by atoms with Crippen LogP contribution in [0.15, 0.2) is 10.9 Å². The average molecular weight is 278 g/mol. The summed E-state index contributed by atoms with van der Waals surface area (Å²) in [6, 6.07) is 1.60. The molecule has 0 aliphatic carbocycles. The maximum atomic E-state index is 12.5. The molecule has 0 aromatic carbocycles. The second-order valence-corrected chi connectivity index (χ2v) is 5.62. The lowest BCUT2D eigenvalue weighted by molar-refractivity contribution is 0.0732. The minimum absolute atomic E-state index is 0.181. The Morgan fingerprint density at radius 3 is 2.65 bits per heavy atom. The summed E-state index contributed by atoms with van der Waals surface area (Å²) < 4.78 is 1.41. The third kappa shape index (κ3) is 3.25. The second kappa shape index (κ2) is 6.17. The molecular formula is C14H22N4O2. The third-order valence-corrected chi connectivity index (χ3v) is 3.27. The number of carbonyl (C=O) groups excluding carboxylic acids is 1. The summed E-state index contributed by atoms with van der Waals surface area (Å²) >= 11 is 0. The van der Waals surface area contributed by atoms with Crippen molar-refractivity contribution >= 4 is 5.91 Å². The van der Waals surface area contributed by atoms with Gasteiger partial charge in [-0.25, -0.2) is 4.68 Å². The molecule has 1 aliphatic heterocycles. The maximum Gasteiger partial charge on any atom is 0.279 e. The number of rotatable bonds is 3. The van der Waals surface area contributed by atoms with Crippen LogP contribution in [0.4, 0.5) is 0 Å². The highest BCUT2D eigenvalue weighted by molar-refractivity contribution is 5.94. The molecule has 0 radical (unpaired) electrons. The third-order valence-electron chi connectivity index (χ3n) is 3.27. The fourth-order valence-electron chi connectivity index (χ4n) is 2.34. The van der Waals surface area contributed by atoms with Crippen LogP contribution in [0.1, 0.15) is 29.9 Å². The summed E-state index contributed by atoms with van der Waals surface area (Å²) in [7, 11) is 0. The average Bonchev–Trinajstić information content (AvgIpc) is 2.42. The van der Waals surface area contributed by atoms with Gasteiger partial charge in [-0.2, -0.15) is 5.10 Å². The van der Waals surface area contributed by atoms with E-state index in [1.165, 1.54) is 4.68 Å². The fourth-order valence-corrected chi connectivity index (χ4v) is 2.34. The molecule has 1 saturated heterocycles. The second-order valence-electron chi connectivity index (χ2n) is 5.62. The molecule has 2 heterocycles. The number of aryl methyl sites for hydroxylation is 1. The Morgan fingerprint density at radius 2 is 2.05 bits per heavy atom. The normalized spacial score (nSPS) is 15.7. The maximum absolute atomic E-state index is 12.5. The van der Waals surface area contributed by atoms with E-state index in [1.807, 2.05) is 20.8 Å². The first-order chi connectivity index (χ1) is 9.49. The van der Waals surface area contributed by atoms with Gasteiger partial charge in [0.05, 0.1) is 5.69 Å². The largest absolute Gasteiger partial charge is 0.336 e. The van der Waals surface area contributed by atoms with E-state index < -0.39 is 0 Å². The number of nitrogens with zero attached hydrogens (tertiary/aromatic N) is 3. The smallest absolute Gasteiger partial charge is 0.279 e. The first kappa shape index (κ1) is 14.7. The van der Waals surface area contributed by atoms with E-state index in [1.54, 1.807) is 11.0 Å². The Labute approximate surface area is 118 Å². The summed E-state index contributed by atoms with van der Waals surface area (Å²) in [5.74, 6) is 0.128. The van der Waals surface area contributed by atoms with Gasteiger partial charge >= 0.3 is 0 Å². The molecule has 0 unspecified atom stereocenters. The van der Waals surface area contributed by atoms with Crippen molar-refractivity contribution < 1.29 is 4.79 Å². The van der Waals surface area contributed by atoms with Gasteiger partial charge in [-0.3, -0.25) is 9.59 Å². The number of hydrogen-bond donors (Lipinski definition) is 1. The van der Waals surface area contributed by atoms with Crippen molar-refractivity contribution in [2.24, 2.45) is 5.92 Å². The minimum Gasteiger partial charge on any atom is -0.336 e. The van der Waals surface area contributed by atoms with Gasteiger partial charge in [0.2, 0.25) is 0 Å². The van der Waals surface area contributed by atoms with Gasteiger partial charge in [0.25, 0.3) is 11.5 Å². The molecule has 6 nitrogen and oxygen atoms in total. The van der Waals surface area contributed by atoms with Crippen LogP contribution in [0.25, 0.3) is 0 Å². The molecule has 1 aromatic heterocycles. The Morgan fingerprint density at radius 1 is 1.40 bits per heavy atom. The minimum atomic E-state index is -0.284. The SMILES string of the molecule is Cc1cc(C(=O)N2CCNCC2)c(=O)n(CC(C)C)n1. The van der Waals surface area contributed by atoms with Gasteiger partial charge in [-0.1, -0.05) is 13.8 Å². The van der Waals surface area contributed by atoms with E-state index in [4.69, 9.17) is 0 Å². The Hall–Kier alpha value is -1.69. The predicted molar refractivity (Wildman–Crippen MR) is 76.8 cm³/mol. The molecule has 1 amide bonds. The molecule has 0 atom stereocenters. The van der Waals surface area contributed by atoms with E-state index >= 15 is 0 Å². The monoisotopic (exact) mass is 278 g/mol. The van der Waals surface area contributed by atoms with Crippen LogP contribution in [0, 0.1) is 12.8 Å². The zero-order valence-electron chi connectivity index (χ0n) is 12.3. The van der Waals surface area contributed by atoms with Gasteiger partial charge in [-0.05, 0) is 18.9 Å². The molecule has 1 aliphatic rings. The number of piperazine rings is 1. The molecule has 0 bridgehead atoms. The summed E-state index contributed by atoms with van der Waals surface area (Å²) in [5, 5.41) is 7.42. The van der Waals surface area contributed by atoms with Crippen LogP contribution in [-0.2, 0) is 6.54 Å². The van der Waals surface area contributed by atoms with Crippen molar-refractivity contribution in [1.82, 2.24) is 20.0 Å². The van der Waals surface area contributed by atoms with Gasteiger partial charge in [-0.15, -0.1) is 0 Å². The lowest BCUT2D eigenvalue weighted by Crippen LogP contribution is -2.48. The van der Waals surface area contributed by atoms with Crippen LogP contribution in [0.3, 0.4) is 0 Å². The number of nitrogens with one attached hydrogen (secondary N) is 1. The quantitative estimate of drug-likeness (QED) is 0.861. The number of amides is 1. The zero-order valence-corrected chi connectivity index (χ0v) is 12.3. The number of aromatic nitrogens is 2. The molecular weight excluding hydrogens is 256 g/mol. The summed E-state index contributed by atoms with van der Waals surface area (Å²) in [5.41, 5.74) is 0.650. The molecule has 1 N–H and O–H groups in total. The molecule has 1 fully saturated rings. The molecule has 1 aromatic rings. The molecule has 20 heavy (non-hydrogen) atoms. The molecule has 0 saturated carbocycles. The highest BCUT2D eigenvalue weighted by atomic mass is 16.2. The predicted octanol–water partition coefficient (Wildman–Crippen LogP) is 0.253. The van der Waals surface area contributed by atoms with Crippen LogP contribution in [0.2, 0.25) is 0 Å². The van der Waals surface area contributed by atoms with E-state index in [0.29, 0.717) is 31.2 Å². The van der Waals surface area contributed by atoms with Gasteiger partial charge in [0, 0.05) is 32.7 Å². The lowest BCUT2D eigenvalue weighted by atomic mass is 10.2. The van der Waals surface area contributed by atoms with E-state index in [0.717, 1.165) is 13.1 Å². The summed E-state index contributed by atoms with van der Waals surface area (Å²) in [6.07, 6.45) is 0. The van der Waals surface area contributed by atoms with Crippen molar-refractivity contribution in [3.05, 3.63) is 27.7 Å². The fraction of sp³-hybridized carbons (Fsp3) is 0.643. The van der Waals surface area contributed by atoms with Gasteiger partial charge in [0.15, 0.2) is 0 Å². The van der Waals surface area contributed by atoms with Crippen LogP contribution in [0.5, 0.6) is 0 Å². The number of hydrogen-bond acceptors (Lipinski definition) is 4. The van der Waals surface area contributed by atoms with Gasteiger partial charge in [0.1, 0.15) is 5.56 Å². The number of carbonyl (C=O) groups is 1. The van der Waals surface area contributed by atoms with Gasteiger partial charge < -0.3 is 10.2 Å². The summed E-state index contributed by atoms with van der Waals surface area (Å²) in [6.45, 7) is 9.22. The van der Waals surface area contributed by atoms with E-state index in [9.17, 15) is 9.59 Å². The van der Waals surface area contributed by atoms with Crippen molar-refractivity contribution in [2.75, 3.05) is 26.2 Å². The Balaban J connectivity index is 2.33. The zero-order chi connectivity index (χ0) is 14.7. The highest BCUT2D eigenvalue weighted by Gasteiger charge is 2.22. The van der Waals surface area contributed by atoms with Crippen molar-refractivity contribution in [3.63, 3.8) is 0 Å². The molecule has 110 valence electrons. The van der Waals surface area contributed by atoms with Crippen LogP contribution < -0.4 is 10.9 Å². The van der Waals surface area contributed by atoms with Crippen molar-refractivity contribution in [1.29, 1.82) is 0 Å². The molecule has 0 spiro atoms. The summed E-state index contributed by atoms with van der Waals surface area (Å²) in [4.78, 5) is 26.6. The van der Waals surface area contributed by atoms with Crippen LogP contribution in [-0.4, -0.2) is 46.8 Å². The van der Waals surface area contributed by atoms with E-state index in [-0.39, 0.29) is 17.0 Å². The Bertz CT molecular complexity index is 545. The highest BCUT2D eigenvalue weighted by Crippen LogP contribution is 2.04.